The third-order valence-corrected chi connectivity index (χ3v) is 13.4. The molecule has 2 unspecified atom stereocenters. The van der Waals surface area contributed by atoms with Gasteiger partial charge in [0.25, 0.3) is 0 Å². The van der Waals surface area contributed by atoms with Gasteiger partial charge in [-0.25, -0.2) is 0 Å². The van der Waals surface area contributed by atoms with E-state index >= 15 is 0 Å². The highest BCUT2D eigenvalue weighted by Crippen LogP contribution is 2.17. The summed E-state index contributed by atoms with van der Waals surface area (Å²) in [5.41, 5.74) is 0. The first-order chi connectivity index (χ1) is 33.2. The normalized spacial score (nSPS) is 13.3. The number of hydrogen-bond acceptors (Lipinski definition) is 3. The molecule has 0 aromatic rings. The highest BCUT2D eigenvalue weighted by Gasteiger charge is 2.18. The summed E-state index contributed by atoms with van der Waals surface area (Å²) in [6, 6.07) is -0.645. The molecule has 0 heterocycles. The first-order valence-electron chi connectivity index (χ1n) is 29.7. The van der Waals surface area contributed by atoms with Crippen LogP contribution in [0.15, 0.2) is 72.9 Å². The summed E-state index contributed by atoms with van der Waals surface area (Å²) in [6.07, 6.45) is 83.8. The second-order valence-electron chi connectivity index (χ2n) is 20.0. The van der Waals surface area contributed by atoms with E-state index in [0.717, 1.165) is 51.4 Å². The summed E-state index contributed by atoms with van der Waals surface area (Å²) in [5.74, 6) is -0.0757. The predicted molar refractivity (Wildman–Crippen MR) is 299 cm³/mol. The van der Waals surface area contributed by atoms with E-state index in [9.17, 15) is 15.0 Å². The van der Waals surface area contributed by atoms with Crippen LogP contribution >= 0.6 is 0 Å². The number of aliphatic hydroxyl groups excluding tert-OH is 2. The number of aliphatic hydroxyl groups is 2. The Labute approximate surface area is 419 Å². The molecular formula is C63H115NO3. The maximum atomic E-state index is 12.4. The molecule has 0 bridgehead atoms. The van der Waals surface area contributed by atoms with Crippen molar-refractivity contribution >= 4 is 5.91 Å². The van der Waals surface area contributed by atoms with E-state index in [4.69, 9.17) is 0 Å². The number of allylic oxidation sites excluding steroid dienone is 11. The van der Waals surface area contributed by atoms with Crippen molar-refractivity contribution in [1.82, 2.24) is 5.32 Å². The largest absolute Gasteiger partial charge is 0.394 e. The summed E-state index contributed by atoms with van der Waals surface area (Å²) >= 11 is 0. The van der Waals surface area contributed by atoms with Gasteiger partial charge < -0.3 is 15.5 Å². The van der Waals surface area contributed by atoms with Crippen LogP contribution in [0.25, 0.3) is 0 Å². The van der Waals surface area contributed by atoms with Gasteiger partial charge in [0.15, 0.2) is 0 Å². The molecule has 0 fully saturated rings. The topological polar surface area (TPSA) is 69.6 Å². The molecule has 390 valence electrons. The van der Waals surface area contributed by atoms with Gasteiger partial charge in [0.05, 0.1) is 18.8 Å². The van der Waals surface area contributed by atoms with Crippen LogP contribution < -0.4 is 5.32 Å². The van der Waals surface area contributed by atoms with E-state index in [0.29, 0.717) is 6.42 Å². The van der Waals surface area contributed by atoms with Gasteiger partial charge in [-0.2, -0.15) is 0 Å². The number of rotatable bonds is 54. The Hall–Kier alpha value is -2.17. The van der Waals surface area contributed by atoms with Gasteiger partial charge in [0.2, 0.25) is 5.91 Å². The number of unbranched alkanes of at least 4 members (excludes halogenated alkanes) is 37. The van der Waals surface area contributed by atoms with Gasteiger partial charge in [0, 0.05) is 6.42 Å². The number of carbonyl (C=O) groups excluding carboxylic acids is 1. The molecular weight excluding hydrogens is 819 g/mol. The lowest BCUT2D eigenvalue weighted by molar-refractivity contribution is -0.123. The minimum Gasteiger partial charge on any atom is -0.394 e. The lowest BCUT2D eigenvalue weighted by Crippen LogP contribution is -2.45. The van der Waals surface area contributed by atoms with Crippen LogP contribution in [0.2, 0.25) is 0 Å². The average molecular weight is 935 g/mol. The third-order valence-electron chi connectivity index (χ3n) is 13.4. The highest BCUT2D eigenvalue weighted by molar-refractivity contribution is 5.76. The van der Waals surface area contributed by atoms with Crippen LogP contribution in [0.5, 0.6) is 0 Å². The van der Waals surface area contributed by atoms with Crippen molar-refractivity contribution in [2.75, 3.05) is 6.61 Å². The minimum absolute atomic E-state index is 0.0757. The summed E-state index contributed by atoms with van der Waals surface area (Å²) < 4.78 is 0. The zero-order valence-corrected chi connectivity index (χ0v) is 44.9. The highest BCUT2D eigenvalue weighted by atomic mass is 16.3. The van der Waals surface area contributed by atoms with Crippen LogP contribution in [-0.2, 0) is 4.79 Å². The lowest BCUT2D eigenvalue weighted by Gasteiger charge is -2.19. The van der Waals surface area contributed by atoms with Crippen LogP contribution in [-0.4, -0.2) is 34.9 Å². The molecule has 0 saturated carbocycles. The van der Waals surface area contributed by atoms with Crippen LogP contribution in [0, 0.1) is 0 Å². The Morgan fingerprint density at radius 3 is 0.985 bits per heavy atom. The van der Waals surface area contributed by atoms with Crippen molar-refractivity contribution in [3.63, 3.8) is 0 Å². The smallest absolute Gasteiger partial charge is 0.220 e. The zero-order chi connectivity index (χ0) is 48.5. The summed E-state index contributed by atoms with van der Waals surface area (Å²) in [7, 11) is 0. The fraction of sp³-hybridized carbons (Fsp3) is 0.794. The maximum Gasteiger partial charge on any atom is 0.220 e. The molecule has 0 aromatic carbocycles. The zero-order valence-electron chi connectivity index (χ0n) is 44.9. The van der Waals surface area contributed by atoms with Crippen molar-refractivity contribution < 1.29 is 15.0 Å². The van der Waals surface area contributed by atoms with E-state index in [-0.39, 0.29) is 12.5 Å². The first kappa shape index (κ1) is 64.8. The number of hydrogen-bond donors (Lipinski definition) is 3. The van der Waals surface area contributed by atoms with Crippen LogP contribution in [0.1, 0.15) is 303 Å². The van der Waals surface area contributed by atoms with Crippen molar-refractivity contribution in [3.05, 3.63) is 72.9 Å². The summed E-state index contributed by atoms with van der Waals surface area (Å²) in [4.78, 5) is 12.4. The molecule has 0 radical (unpaired) electrons. The maximum absolute atomic E-state index is 12.4. The lowest BCUT2D eigenvalue weighted by atomic mass is 10.0. The van der Waals surface area contributed by atoms with E-state index in [1.54, 1.807) is 6.08 Å². The minimum atomic E-state index is -0.870. The fourth-order valence-corrected chi connectivity index (χ4v) is 8.87. The summed E-state index contributed by atoms with van der Waals surface area (Å²) in [6.45, 7) is 4.27. The van der Waals surface area contributed by atoms with E-state index in [1.807, 2.05) is 6.08 Å². The monoisotopic (exact) mass is 934 g/mol. The molecule has 0 rings (SSSR count). The molecule has 67 heavy (non-hydrogen) atoms. The SMILES string of the molecule is CCCCCC/C=C/CC/C=C/CC/C=C/C(O)C(CO)NC(=O)CCCCCCCCCCCCCCCCCCCCCCCCCCCC/C=C\C/C=C\C/C=C\CCCCCCC. The molecule has 0 aliphatic heterocycles. The second-order valence-corrected chi connectivity index (χ2v) is 20.0. The third kappa shape index (κ3) is 54.6. The fourth-order valence-electron chi connectivity index (χ4n) is 8.87. The van der Waals surface area contributed by atoms with E-state index in [1.165, 1.54) is 231 Å². The van der Waals surface area contributed by atoms with E-state index < -0.39 is 12.1 Å². The van der Waals surface area contributed by atoms with Crippen LogP contribution in [0.4, 0.5) is 0 Å². The molecule has 4 nitrogen and oxygen atoms in total. The van der Waals surface area contributed by atoms with Crippen molar-refractivity contribution in [1.29, 1.82) is 0 Å². The first-order valence-corrected chi connectivity index (χ1v) is 29.7. The predicted octanol–water partition coefficient (Wildman–Crippen LogP) is 19.8. The van der Waals surface area contributed by atoms with Crippen LogP contribution in [0.3, 0.4) is 0 Å². The molecule has 0 aliphatic carbocycles. The number of amides is 1. The Balaban J connectivity index is 3.41. The van der Waals surface area contributed by atoms with Gasteiger partial charge in [0.1, 0.15) is 0 Å². The number of carbonyl (C=O) groups is 1. The van der Waals surface area contributed by atoms with E-state index in [2.05, 4.69) is 79.9 Å². The molecule has 4 heteroatoms. The van der Waals surface area contributed by atoms with Gasteiger partial charge in [-0.1, -0.05) is 286 Å². The molecule has 2 atom stereocenters. The Morgan fingerprint density at radius 1 is 0.358 bits per heavy atom. The standard InChI is InChI=1S/C63H115NO3/c1-3-5-7-9-11-13-15-17-19-20-21-22-23-24-25-26-27-28-29-30-31-32-33-34-35-36-37-38-39-40-41-42-43-44-45-47-49-51-53-55-57-59-63(67)64-61(60-65)62(66)58-56-54-52-50-48-46-18-16-14-12-10-8-6-4-2/h14-17,20-21,23-24,48,50,56,58,61-62,65-66H,3-13,18-19,22,25-47,49,51-55,57,59-60H2,1-2H3,(H,64,67)/b16-14+,17-15-,21-20-,24-23-,50-48+,58-56+. The Morgan fingerprint density at radius 2 is 0.627 bits per heavy atom. The van der Waals surface area contributed by atoms with Gasteiger partial charge in [-0.05, 0) is 83.5 Å². The quantitative estimate of drug-likeness (QED) is 0.0420. The molecule has 3 N–H and O–H groups in total. The molecule has 0 aliphatic rings. The van der Waals surface area contributed by atoms with Crippen molar-refractivity contribution in [2.45, 2.75) is 315 Å². The molecule has 0 spiro atoms. The second kappa shape index (κ2) is 58.1. The van der Waals surface area contributed by atoms with Crippen molar-refractivity contribution in [3.8, 4) is 0 Å². The summed E-state index contributed by atoms with van der Waals surface area (Å²) in [5, 5.41) is 23.0. The average Bonchev–Trinajstić information content (AvgIpc) is 3.33. The molecule has 0 aromatic heterocycles. The molecule has 0 saturated heterocycles. The van der Waals surface area contributed by atoms with Gasteiger partial charge in [-0.15, -0.1) is 0 Å². The van der Waals surface area contributed by atoms with Gasteiger partial charge in [-0.3, -0.25) is 4.79 Å². The Kier molecular flexibility index (Phi) is 56.3. The Bertz CT molecular complexity index is 1150. The number of nitrogens with one attached hydrogen (secondary N) is 1. The van der Waals surface area contributed by atoms with Gasteiger partial charge >= 0.3 is 0 Å². The molecule has 1 amide bonds. The van der Waals surface area contributed by atoms with Crippen molar-refractivity contribution in [2.24, 2.45) is 0 Å².